The average molecular weight is 234 g/mol. The number of aryl methyl sites for hydroxylation is 1. The van der Waals surface area contributed by atoms with E-state index in [0.29, 0.717) is 16.5 Å². The fraction of sp³-hybridized carbons (Fsp3) is 0.0909. The topological polar surface area (TPSA) is 47.2 Å². The zero-order chi connectivity index (χ0) is 11.5. The maximum Gasteiger partial charge on any atom is 0.242 e. The van der Waals surface area contributed by atoms with E-state index in [9.17, 15) is 4.79 Å². The molecule has 0 atom stereocenters. The molecule has 4 nitrogen and oxygen atoms in total. The molecule has 2 aromatic rings. The van der Waals surface area contributed by atoms with E-state index in [4.69, 9.17) is 11.6 Å². The van der Waals surface area contributed by atoms with Crippen molar-refractivity contribution in [3.63, 3.8) is 0 Å². The summed E-state index contributed by atoms with van der Waals surface area (Å²) in [5, 5.41) is 4.83. The minimum Gasteiger partial charge on any atom is -0.250 e. The van der Waals surface area contributed by atoms with Crippen molar-refractivity contribution in [1.29, 1.82) is 0 Å². The fourth-order valence-corrected chi connectivity index (χ4v) is 1.64. The molecule has 80 valence electrons. The van der Waals surface area contributed by atoms with Crippen LogP contribution in [0.4, 0.5) is 5.82 Å². The highest BCUT2D eigenvalue weighted by molar-refractivity contribution is 6.33. The lowest BCUT2D eigenvalue weighted by Gasteiger charge is -1.98. The Labute approximate surface area is 97.2 Å². The summed E-state index contributed by atoms with van der Waals surface area (Å²) in [6.45, 7) is 0. The second-order valence-electron chi connectivity index (χ2n) is 3.19. The largest absolute Gasteiger partial charge is 0.250 e. The van der Waals surface area contributed by atoms with E-state index in [-0.39, 0.29) is 0 Å². The first-order chi connectivity index (χ1) is 7.72. The lowest BCUT2D eigenvalue weighted by molar-refractivity contribution is 0.564. The number of hydrogen-bond acceptors (Lipinski definition) is 3. The summed E-state index contributed by atoms with van der Waals surface area (Å²) >= 11 is 6.04. The van der Waals surface area contributed by atoms with Gasteiger partial charge >= 0.3 is 0 Å². The Bertz CT molecular complexity index is 570. The van der Waals surface area contributed by atoms with Gasteiger partial charge in [-0.05, 0) is 6.07 Å². The zero-order valence-corrected chi connectivity index (χ0v) is 9.27. The molecule has 0 spiro atoms. The molecule has 0 amide bonds. The number of aliphatic imine (C=N–C) groups is 1. The Kier molecular flexibility index (Phi) is 2.86. The molecule has 16 heavy (non-hydrogen) atoms. The van der Waals surface area contributed by atoms with E-state index >= 15 is 0 Å². The van der Waals surface area contributed by atoms with E-state index in [2.05, 4.69) is 10.1 Å². The molecular weight excluding hydrogens is 226 g/mol. The van der Waals surface area contributed by atoms with Gasteiger partial charge in [-0.25, -0.2) is 9.48 Å². The van der Waals surface area contributed by atoms with Gasteiger partial charge in [-0.15, -0.1) is 4.99 Å². The first kappa shape index (κ1) is 10.6. The van der Waals surface area contributed by atoms with Crippen molar-refractivity contribution < 1.29 is 4.79 Å². The van der Waals surface area contributed by atoms with Crippen molar-refractivity contribution in [2.75, 3.05) is 0 Å². The van der Waals surface area contributed by atoms with Crippen LogP contribution in [0.2, 0.25) is 5.02 Å². The van der Waals surface area contributed by atoms with Crippen molar-refractivity contribution in [2.24, 2.45) is 12.0 Å². The lowest BCUT2D eigenvalue weighted by atomic mass is 10.1. The van der Waals surface area contributed by atoms with Crippen LogP contribution >= 0.6 is 11.6 Å². The first-order valence-electron chi connectivity index (χ1n) is 4.59. The molecule has 0 aliphatic heterocycles. The predicted octanol–water partition coefficient (Wildman–Crippen LogP) is 2.71. The van der Waals surface area contributed by atoms with Crippen LogP contribution in [0, 0.1) is 0 Å². The van der Waals surface area contributed by atoms with Crippen LogP contribution in [-0.4, -0.2) is 15.9 Å². The second kappa shape index (κ2) is 4.31. The zero-order valence-electron chi connectivity index (χ0n) is 8.51. The quantitative estimate of drug-likeness (QED) is 0.592. The van der Waals surface area contributed by atoms with Crippen LogP contribution in [0.15, 0.2) is 35.3 Å². The van der Waals surface area contributed by atoms with Gasteiger partial charge in [0, 0.05) is 18.7 Å². The molecule has 0 fully saturated rings. The van der Waals surface area contributed by atoms with Gasteiger partial charge in [0.05, 0.1) is 10.7 Å². The highest BCUT2D eigenvalue weighted by Gasteiger charge is 2.08. The van der Waals surface area contributed by atoms with Crippen LogP contribution in [0.3, 0.4) is 0 Å². The molecule has 1 heterocycles. The van der Waals surface area contributed by atoms with E-state index < -0.39 is 0 Å². The van der Waals surface area contributed by atoms with Crippen molar-refractivity contribution in [2.45, 2.75) is 0 Å². The molecule has 1 aromatic carbocycles. The SMILES string of the molecule is Cn1nc(-c2ccccc2Cl)cc1N=C=O. The summed E-state index contributed by atoms with van der Waals surface area (Å²) in [5.41, 5.74) is 1.49. The number of carbonyl (C=O) groups excluding carboxylic acids is 1. The average Bonchev–Trinajstić information content (AvgIpc) is 2.61. The number of hydrogen-bond donors (Lipinski definition) is 0. The van der Waals surface area contributed by atoms with Gasteiger partial charge < -0.3 is 0 Å². The summed E-state index contributed by atoms with van der Waals surface area (Å²) < 4.78 is 1.50. The van der Waals surface area contributed by atoms with Gasteiger partial charge in [0.2, 0.25) is 6.08 Å². The van der Waals surface area contributed by atoms with Gasteiger partial charge in [-0.2, -0.15) is 5.10 Å². The van der Waals surface area contributed by atoms with Gasteiger partial charge in [-0.3, -0.25) is 0 Å². The number of isocyanates is 1. The van der Waals surface area contributed by atoms with Crippen LogP contribution in [-0.2, 0) is 11.8 Å². The second-order valence-corrected chi connectivity index (χ2v) is 3.60. The summed E-state index contributed by atoms with van der Waals surface area (Å²) in [6.07, 6.45) is 1.49. The minimum atomic E-state index is 0.449. The monoisotopic (exact) mass is 233 g/mol. The van der Waals surface area contributed by atoms with Crippen molar-refractivity contribution in [1.82, 2.24) is 9.78 Å². The number of halogens is 1. The summed E-state index contributed by atoms with van der Waals surface area (Å²) in [5.74, 6) is 0.449. The summed E-state index contributed by atoms with van der Waals surface area (Å²) in [7, 11) is 1.70. The van der Waals surface area contributed by atoms with Gasteiger partial charge in [0.25, 0.3) is 0 Å². The van der Waals surface area contributed by atoms with Crippen molar-refractivity contribution in [3.05, 3.63) is 35.4 Å². The molecule has 0 saturated heterocycles. The highest BCUT2D eigenvalue weighted by Crippen LogP contribution is 2.28. The third-order valence-electron chi connectivity index (χ3n) is 2.17. The normalized spacial score (nSPS) is 9.88. The molecule has 0 radical (unpaired) electrons. The maximum atomic E-state index is 10.2. The van der Waals surface area contributed by atoms with Crippen molar-refractivity contribution >= 4 is 23.5 Å². The molecule has 1 aromatic heterocycles. The lowest BCUT2D eigenvalue weighted by Crippen LogP contribution is -1.89. The fourth-order valence-electron chi connectivity index (χ4n) is 1.41. The predicted molar refractivity (Wildman–Crippen MR) is 61.4 cm³/mol. The van der Waals surface area contributed by atoms with E-state index in [1.54, 1.807) is 19.2 Å². The molecule has 0 bridgehead atoms. The molecule has 0 unspecified atom stereocenters. The molecule has 0 saturated carbocycles. The molecular formula is C11H8ClN3O. The standard InChI is InChI=1S/C11H8ClN3O/c1-15-11(13-7-16)6-10(14-15)8-4-2-3-5-9(8)12/h2-6H,1H3. The summed E-state index contributed by atoms with van der Waals surface area (Å²) in [6, 6.07) is 9.05. The Morgan fingerprint density at radius 2 is 2.19 bits per heavy atom. The van der Waals surface area contributed by atoms with E-state index in [1.165, 1.54) is 10.8 Å². The number of aromatic nitrogens is 2. The smallest absolute Gasteiger partial charge is 0.242 e. The third-order valence-corrected chi connectivity index (χ3v) is 2.49. The minimum absolute atomic E-state index is 0.449. The van der Waals surface area contributed by atoms with E-state index in [1.807, 2.05) is 18.2 Å². The maximum absolute atomic E-state index is 10.2. The van der Waals surface area contributed by atoms with Crippen molar-refractivity contribution in [3.8, 4) is 11.3 Å². The van der Waals surface area contributed by atoms with Crippen LogP contribution < -0.4 is 0 Å². The first-order valence-corrected chi connectivity index (χ1v) is 4.97. The van der Waals surface area contributed by atoms with Crippen LogP contribution in [0.25, 0.3) is 11.3 Å². The number of nitrogens with zero attached hydrogens (tertiary/aromatic N) is 3. The molecule has 0 aliphatic carbocycles. The van der Waals surface area contributed by atoms with Gasteiger partial charge in [-0.1, -0.05) is 29.8 Å². The Hall–Kier alpha value is -1.90. The Morgan fingerprint density at radius 3 is 2.88 bits per heavy atom. The van der Waals surface area contributed by atoms with Crippen LogP contribution in [0.1, 0.15) is 0 Å². The van der Waals surface area contributed by atoms with Gasteiger partial charge in [0.15, 0.2) is 5.82 Å². The summed E-state index contributed by atoms with van der Waals surface area (Å²) in [4.78, 5) is 13.7. The number of benzene rings is 1. The van der Waals surface area contributed by atoms with Crippen LogP contribution in [0.5, 0.6) is 0 Å². The highest BCUT2D eigenvalue weighted by atomic mass is 35.5. The molecule has 5 heteroatoms. The number of rotatable bonds is 2. The third kappa shape index (κ3) is 1.89. The van der Waals surface area contributed by atoms with E-state index in [0.717, 1.165) is 5.56 Å². The Balaban J connectivity index is 2.54. The molecule has 2 rings (SSSR count). The molecule has 0 N–H and O–H groups in total. The van der Waals surface area contributed by atoms with Gasteiger partial charge in [0.1, 0.15) is 0 Å². The molecule has 0 aliphatic rings. The Morgan fingerprint density at radius 1 is 1.44 bits per heavy atom.